The fourth-order valence-electron chi connectivity index (χ4n) is 6.16. The van der Waals surface area contributed by atoms with E-state index in [1.807, 2.05) is 0 Å². The van der Waals surface area contributed by atoms with E-state index in [9.17, 15) is 53.4 Å². The molecule has 0 aliphatic rings. The van der Waals surface area contributed by atoms with Crippen molar-refractivity contribution in [1.29, 1.82) is 0 Å². The Labute approximate surface area is 394 Å². The second-order valence-corrected chi connectivity index (χ2v) is 15.9. The Balaban J connectivity index is 6.80. The molecule has 26 N–H and O–H groups in total. The number of aliphatic carboxylic acids is 2. The molecular formula is C39H74N18O11. The van der Waals surface area contributed by atoms with Crippen molar-refractivity contribution in [2.24, 2.45) is 72.5 Å². The number of hydrogen-bond donors (Lipinski definition) is 17. The Hall–Kier alpha value is -7.04. The summed E-state index contributed by atoms with van der Waals surface area (Å²) < 4.78 is 0. The summed E-state index contributed by atoms with van der Waals surface area (Å²) in [6.07, 6.45) is -0.719. The highest BCUT2D eigenvalue weighted by Gasteiger charge is 2.34. The van der Waals surface area contributed by atoms with Gasteiger partial charge in [0.2, 0.25) is 41.4 Å². The number of aliphatic imine (C=N–C) groups is 3. The summed E-state index contributed by atoms with van der Waals surface area (Å²) in [5.74, 6) is -10.5. The molecule has 0 rings (SSSR count). The number of rotatable bonds is 36. The van der Waals surface area contributed by atoms with Crippen molar-refractivity contribution in [1.82, 2.24) is 31.9 Å². The van der Waals surface area contributed by atoms with Crippen LogP contribution in [0.25, 0.3) is 0 Å². The fourth-order valence-corrected chi connectivity index (χ4v) is 6.16. The molecule has 0 spiro atoms. The predicted octanol–water partition coefficient (Wildman–Crippen LogP) is -6.62. The summed E-state index contributed by atoms with van der Waals surface area (Å²) in [6, 6.07) is -10.1. The Morgan fingerprint density at radius 1 is 0.485 bits per heavy atom. The van der Waals surface area contributed by atoms with Gasteiger partial charge >= 0.3 is 11.9 Å². The van der Waals surface area contributed by atoms with Gasteiger partial charge in [0.15, 0.2) is 17.9 Å². The van der Waals surface area contributed by atoms with Crippen molar-refractivity contribution in [2.45, 2.75) is 140 Å². The maximum absolute atomic E-state index is 14.1. The van der Waals surface area contributed by atoms with Crippen LogP contribution in [0.2, 0.25) is 0 Å². The van der Waals surface area contributed by atoms with E-state index < -0.39 is 115 Å². The van der Waals surface area contributed by atoms with Crippen LogP contribution in [-0.4, -0.2) is 150 Å². The molecule has 0 fully saturated rings. The number of guanidine groups is 3. The van der Waals surface area contributed by atoms with E-state index in [-0.39, 0.29) is 101 Å². The van der Waals surface area contributed by atoms with Gasteiger partial charge in [0.05, 0.1) is 12.5 Å². The maximum atomic E-state index is 14.1. The van der Waals surface area contributed by atoms with Crippen LogP contribution in [0.5, 0.6) is 0 Å². The maximum Gasteiger partial charge on any atom is 0.326 e. The zero-order valence-electron chi connectivity index (χ0n) is 38.7. The molecule has 386 valence electrons. The van der Waals surface area contributed by atoms with E-state index in [0.29, 0.717) is 12.8 Å². The first-order valence-corrected chi connectivity index (χ1v) is 22.1. The van der Waals surface area contributed by atoms with E-state index in [2.05, 4.69) is 46.9 Å². The molecule has 0 radical (unpaired) electrons. The quantitative estimate of drug-likeness (QED) is 0.0158. The minimum Gasteiger partial charge on any atom is -0.481 e. The second kappa shape index (κ2) is 33.4. The number of hydrogen-bond acceptors (Lipinski definition) is 14. The SMILES string of the molecule is CC[C@H](C)[C@H](N)C(=O)N[C@@H](CCC(=O)O)C(=O)N[C@@H](CC(N)=O)C(=O)N[C@@H](CCCN=C(N)N)C(=O)N[C@@H](CCCCN)C(=O)N[C@@H](CCCN=C(N)N)C(=O)N[C@@H](CCCN=C(N)N)C(=O)O. The number of nitrogens with two attached hydrogens (primary N) is 9. The Morgan fingerprint density at radius 3 is 1.18 bits per heavy atom. The van der Waals surface area contributed by atoms with Gasteiger partial charge in [-0.05, 0) is 76.7 Å². The highest BCUT2D eigenvalue weighted by Crippen LogP contribution is 2.11. The van der Waals surface area contributed by atoms with Crippen LogP contribution in [0, 0.1) is 5.92 Å². The Kier molecular flexibility index (Phi) is 30.0. The molecule has 7 amide bonds. The van der Waals surface area contributed by atoms with Gasteiger partial charge in [-0.25, -0.2) is 4.79 Å². The average molecular weight is 971 g/mol. The summed E-state index contributed by atoms with van der Waals surface area (Å²) >= 11 is 0. The minimum atomic E-state index is -1.77. The lowest BCUT2D eigenvalue weighted by atomic mass is 9.98. The number of unbranched alkanes of at least 4 members (excludes halogenated alkanes) is 1. The molecule has 0 saturated carbocycles. The van der Waals surface area contributed by atoms with Gasteiger partial charge in [0.1, 0.15) is 36.3 Å². The second-order valence-electron chi connectivity index (χ2n) is 15.9. The normalized spacial score (nSPS) is 14.3. The Morgan fingerprint density at radius 2 is 0.824 bits per heavy atom. The smallest absolute Gasteiger partial charge is 0.326 e. The highest BCUT2D eigenvalue weighted by molar-refractivity contribution is 5.98. The largest absolute Gasteiger partial charge is 0.481 e. The molecule has 29 heteroatoms. The third kappa shape index (κ3) is 26.8. The number of nitrogens with zero attached hydrogens (tertiary/aromatic N) is 3. The summed E-state index contributed by atoms with van der Waals surface area (Å²) in [5.41, 5.74) is 49.5. The number of carbonyl (C=O) groups excluding carboxylic acids is 7. The van der Waals surface area contributed by atoms with Crippen LogP contribution < -0.4 is 83.5 Å². The van der Waals surface area contributed by atoms with Gasteiger partial charge in [-0.15, -0.1) is 0 Å². The number of carboxylic acids is 2. The molecular weight excluding hydrogens is 897 g/mol. The molecule has 0 unspecified atom stereocenters. The van der Waals surface area contributed by atoms with Crippen LogP contribution >= 0.6 is 0 Å². The lowest BCUT2D eigenvalue weighted by molar-refractivity contribution is -0.142. The molecule has 0 bridgehead atoms. The lowest BCUT2D eigenvalue weighted by Gasteiger charge is -2.27. The molecule has 0 heterocycles. The molecule has 68 heavy (non-hydrogen) atoms. The minimum absolute atomic E-state index is 0.0297. The summed E-state index contributed by atoms with van der Waals surface area (Å²) in [5, 5.41) is 33.8. The fraction of sp³-hybridized carbons (Fsp3) is 0.692. The van der Waals surface area contributed by atoms with Gasteiger partial charge < -0.3 is 93.7 Å². The Bertz CT molecular complexity index is 1770. The summed E-state index contributed by atoms with van der Waals surface area (Å²) in [4.78, 5) is 129. The van der Waals surface area contributed by atoms with Gasteiger partial charge in [-0.3, -0.25) is 53.3 Å². The predicted molar refractivity (Wildman–Crippen MR) is 250 cm³/mol. The van der Waals surface area contributed by atoms with Crippen LogP contribution in [0.1, 0.15) is 97.3 Å². The molecule has 0 aromatic rings. The lowest BCUT2D eigenvalue weighted by Crippen LogP contribution is -2.60. The summed E-state index contributed by atoms with van der Waals surface area (Å²) in [6.45, 7) is 3.76. The van der Waals surface area contributed by atoms with Crippen molar-refractivity contribution in [2.75, 3.05) is 26.2 Å². The van der Waals surface area contributed by atoms with Crippen LogP contribution in [0.15, 0.2) is 15.0 Å². The van der Waals surface area contributed by atoms with Gasteiger partial charge in [-0.2, -0.15) is 0 Å². The first-order chi connectivity index (χ1) is 31.9. The zero-order valence-corrected chi connectivity index (χ0v) is 38.7. The first kappa shape index (κ1) is 61.0. The van der Waals surface area contributed by atoms with Crippen molar-refractivity contribution in [3.05, 3.63) is 0 Å². The van der Waals surface area contributed by atoms with Crippen molar-refractivity contribution >= 4 is 71.2 Å². The van der Waals surface area contributed by atoms with Gasteiger partial charge in [0, 0.05) is 26.1 Å². The number of nitrogens with one attached hydrogen (secondary N) is 6. The molecule has 0 aliphatic heterocycles. The monoisotopic (exact) mass is 971 g/mol. The molecule has 0 aliphatic carbocycles. The number of carboxylic acid groups (broad SMARTS) is 2. The molecule has 29 nitrogen and oxygen atoms in total. The average Bonchev–Trinajstić information content (AvgIpc) is 3.25. The van der Waals surface area contributed by atoms with Crippen LogP contribution in [0.3, 0.4) is 0 Å². The third-order valence-electron chi connectivity index (χ3n) is 10.2. The van der Waals surface area contributed by atoms with E-state index in [4.69, 9.17) is 51.6 Å². The first-order valence-electron chi connectivity index (χ1n) is 22.1. The molecule has 8 atom stereocenters. The number of amides is 7. The third-order valence-corrected chi connectivity index (χ3v) is 10.2. The number of primary amides is 1. The van der Waals surface area contributed by atoms with Crippen molar-refractivity contribution in [3.63, 3.8) is 0 Å². The van der Waals surface area contributed by atoms with E-state index in [0.717, 1.165) is 0 Å². The summed E-state index contributed by atoms with van der Waals surface area (Å²) in [7, 11) is 0. The van der Waals surface area contributed by atoms with Crippen molar-refractivity contribution < 1.29 is 53.4 Å². The van der Waals surface area contributed by atoms with Crippen LogP contribution in [-0.2, 0) is 43.2 Å². The van der Waals surface area contributed by atoms with Gasteiger partial charge in [0.25, 0.3) is 0 Å². The van der Waals surface area contributed by atoms with E-state index in [1.165, 1.54) is 0 Å². The zero-order chi connectivity index (χ0) is 51.9. The van der Waals surface area contributed by atoms with Crippen molar-refractivity contribution in [3.8, 4) is 0 Å². The topological polar surface area (TPSA) is 538 Å². The molecule has 0 aromatic carbocycles. The highest BCUT2D eigenvalue weighted by atomic mass is 16.4. The standard InChI is InChI=1S/C39H74N18O11/c1-3-20(2)29(42)35(66)55-24(13-14-28(59)60)33(64)57-26(19-27(41)58)34(65)54-22(10-6-16-49-37(43)44)31(62)52-21(9-4-5-15-40)30(61)53-23(11-7-17-50-38(45)46)32(63)56-25(36(67)68)12-8-18-51-39(47)48/h20-26,29H,3-19,40,42H2,1-2H3,(H2,41,58)(H,52,62)(H,53,61)(H,54,65)(H,55,66)(H,56,63)(H,57,64)(H,59,60)(H,67,68)(H4,43,44,49)(H4,45,46,50)(H4,47,48,51)/t20-,21-,22-,23-,24-,25-,26-,29-/m0/s1. The van der Waals surface area contributed by atoms with Crippen LogP contribution in [0.4, 0.5) is 0 Å². The number of carbonyl (C=O) groups is 9. The molecule has 0 saturated heterocycles. The van der Waals surface area contributed by atoms with E-state index in [1.54, 1.807) is 13.8 Å². The van der Waals surface area contributed by atoms with Gasteiger partial charge in [-0.1, -0.05) is 20.3 Å². The molecule has 0 aromatic heterocycles. The van der Waals surface area contributed by atoms with E-state index >= 15 is 0 Å².